The summed E-state index contributed by atoms with van der Waals surface area (Å²) >= 11 is 0. The summed E-state index contributed by atoms with van der Waals surface area (Å²) in [6, 6.07) is 19.9. The number of carbonyl (C=O) groups excluding carboxylic acids is 2. The van der Waals surface area contributed by atoms with Gasteiger partial charge >= 0.3 is 11.9 Å². The van der Waals surface area contributed by atoms with E-state index in [0.717, 1.165) is 56.5 Å². The summed E-state index contributed by atoms with van der Waals surface area (Å²) in [7, 11) is 3.47. The number of likely N-dealkylation sites (N-methyl/N-ethyl adjacent to an activating group) is 1. The van der Waals surface area contributed by atoms with Crippen molar-refractivity contribution in [1.82, 2.24) is 4.57 Å². The van der Waals surface area contributed by atoms with Crippen LogP contribution < -0.4 is 4.90 Å². The van der Waals surface area contributed by atoms with Crippen molar-refractivity contribution < 1.29 is 19.1 Å². The number of rotatable bonds is 6. The predicted octanol–water partition coefficient (Wildman–Crippen LogP) is 5.45. The molecule has 3 aromatic carbocycles. The largest absolute Gasteiger partial charge is 0.469 e. The Hall–Kier alpha value is -4.06. The van der Waals surface area contributed by atoms with Gasteiger partial charge in [-0.15, -0.1) is 0 Å². The maximum atomic E-state index is 13.3. The Bertz CT molecular complexity index is 1450. The van der Waals surface area contributed by atoms with Crippen molar-refractivity contribution in [3.05, 3.63) is 88.6 Å². The van der Waals surface area contributed by atoms with Gasteiger partial charge in [-0.1, -0.05) is 60.2 Å². The molecule has 5 rings (SSSR count). The molecule has 0 atom stereocenters. The fourth-order valence-electron chi connectivity index (χ4n) is 5.18. The van der Waals surface area contributed by atoms with E-state index in [-0.39, 0.29) is 25.0 Å². The number of carbonyl (C=O) groups is 2. The monoisotopic (exact) mass is 482 g/mol. The molecule has 6 heteroatoms. The molecule has 0 saturated heterocycles. The van der Waals surface area contributed by atoms with Gasteiger partial charge in [0.1, 0.15) is 12.3 Å². The van der Waals surface area contributed by atoms with Gasteiger partial charge in [0, 0.05) is 25.5 Å². The van der Waals surface area contributed by atoms with Crippen molar-refractivity contribution in [3.8, 4) is 11.1 Å². The molecule has 0 aliphatic carbocycles. The summed E-state index contributed by atoms with van der Waals surface area (Å²) in [5.41, 5.74) is 8.56. The third-order valence-corrected chi connectivity index (χ3v) is 7.05. The molecule has 6 nitrogen and oxygen atoms in total. The number of hydrogen-bond donors (Lipinski definition) is 0. The highest BCUT2D eigenvalue weighted by atomic mass is 16.5. The zero-order chi connectivity index (χ0) is 25.4. The van der Waals surface area contributed by atoms with Crippen LogP contribution in [-0.4, -0.2) is 37.2 Å². The first-order valence-electron chi connectivity index (χ1n) is 12.1. The van der Waals surface area contributed by atoms with Gasteiger partial charge in [0.25, 0.3) is 0 Å². The highest BCUT2D eigenvalue weighted by molar-refractivity contribution is 6.10. The molecule has 0 spiro atoms. The molecule has 0 radical (unpaired) electrons. The van der Waals surface area contributed by atoms with Gasteiger partial charge in [-0.05, 0) is 47.7 Å². The second-order valence-electron chi connectivity index (χ2n) is 9.37. The van der Waals surface area contributed by atoms with Crippen LogP contribution in [0, 0.1) is 13.8 Å². The van der Waals surface area contributed by atoms with Gasteiger partial charge in [-0.25, -0.2) is 4.79 Å². The Morgan fingerprint density at radius 1 is 0.972 bits per heavy atom. The summed E-state index contributed by atoms with van der Waals surface area (Å²) < 4.78 is 12.9. The molecule has 2 heterocycles. The zero-order valence-corrected chi connectivity index (χ0v) is 21.1. The number of methoxy groups -OCH3 is 1. The summed E-state index contributed by atoms with van der Waals surface area (Å²) in [6.45, 7) is 5.74. The molecular formula is C30H30N2O4. The molecule has 1 aliphatic heterocycles. The lowest BCUT2D eigenvalue weighted by Gasteiger charge is -2.31. The SMILES string of the molecule is COC(=O)Cc1c(C)c2c3c(cc(C(=O)OCc4ccccc4)n3CCN2C)c1-c1ccc(C)cc1. The molecule has 0 saturated carbocycles. The topological polar surface area (TPSA) is 60.8 Å². The number of aryl methyl sites for hydroxylation is 1. The van der Waals surface area contributed by atoms with Crippen LogP contribution in [-0.2, 0) is 33.8 Å². The van der Waals surface area contributed by atoms with Gasteiger partial charge in [0.2, 0.25) is 0 Å². The van der Waals surface area contributed by atoms with E-state index in [9.17, 15) is 9.59 Å². The molecule has 0 unspecified atom stereocenters. The molecule has 0 bridgehead atoms. The van der Waals surface area contributed by atoms with Crippen molar-refractivity contribution in [3.63, 3.8) is 0 Å². The number of benzene rings is 3. The van der Waals surface area contributed by atoms with Gasteiger partial charge in [0.15, 0.2) is 0 Å². The smallest absolute Gasteiger partial charge is 0.355 e. The number of aromatic nitrogens is 1. The van der Waals surface area contributed by atoms with E-state index in [4.69, 9.17) is 9.47 Å². The third kappa shape index (κ3) is 4.13. The minimum atomic E-state index is -0.354. The molecule has 36 heavy (non-hydrogen) atoms. The quantitative estimate of drug-likeness (QED) is 0.342. The minimum Gasteiger partial charge on any atom is -0.469 e. The fourth-order valence-corrected chi connectivity index (χ4v) is 5.18. The second kappa shape index (κ2) is 9.53. The number of nitrogens with zero attached hydrogens (tertiary/aromatic N) is 2. The number of anilines is 1. The maximum absolute atomic E-state index is 13.3. The average Bonchev–Trinajstić information content (AvgIpc) is 3.27. The Morgan fingerprint density at radius 2 is 1.69 bits per heavy atom. The summed E-state index contributed by atoms with van der Waals surface area (Å²) in [5.74, 6) is -0.647. The zero-order valence-electron chi connectivity index (χ0n) is 21.1. The van der Waals surface area contributed by atoms with E-state index < -0.39 is 0 Å². The molecule has 184 valence electrons. The fraction of sp³-hybridized carbons (Fsp3) is 0.267. The van der Waals surface area contributed by atoms with Crippen LogP contribution in [0.1, 0.15) is 32.7 Å². The number of esters is 2. The van der Waals surface area contributed by atoms with E-state index in [1.165, 1.54) is 7.11 Å². The summed E-state index contributed by atoms with van der Waals surface area (Å²) in [4.78, 5) is 28.0. The van der Waals surface area contributed by atoms with Crippen LogP contribution in [0.4, 0.5) is 5.69 Å². The Kier molecular flexibility index (Phi) is 6.27. The Balaban J connectivity index is 1.72. The average molecular weight is 483 g/mol. The van der Waals surface area contributed by atoms with E-state index in [1.54, 1.807) is 0 Å². The molecule has 0 N–H and O–H groups in total. The van der Waals surface area contributed by atoms with E-state index in [2.05, 4.69) is 47.7 Å². The normalized spacial score (nSPS) is 12.6. The first-order chi connectivity index (χ1) is 17.4. The van der Waals surface area contributed by atoms with Crippen LogP contribution in [0.2, 0.25) is 0 Å². The first-order valence-corrected chi connectivity index (χ1v) is 12.1. The van der Waals surface area contributed by atoms with E-state index in [1.807, 2.05) is 43.3 Å². The standard InChI is InChI=1S/C30H30N2O4/c1-19-10-12-22(13-11-19)27-23(17-26(33)35-4)20(2)28-29-24(27)16-25(32(29)15-14-31(28)3)30(34)36-18-21-8-6-5-7-9-21/h5-13,16H,14-15,17-18H2,1-4H3. The Morgan fingerprint density at radius 3 is 2.39 bits per heavy atom. The second-order valence-corrected chi connectivity index (χ2v) is 9.37. The van der Waals surface area contributed by atoms with Crippen molar-refractivity contribution in [1.29, 1.82) is 0 Å². The predicted molar refractivity (Wildman–Crippen MR) is 141 cm³/mol. The lowest BCUT2D eigenvalue weighted by molar-refractivity contribution is -0.139. The van der Waals surface area contributed by atoms with Crippen LogP contribution in [0.3, 0.4) is 0 Å². The molecule has 1 aromatic heterocycles. The van der Waals surface area contributed by atoms with E-state index in [0.29, 0.717) is 12.2 Å². The maximum Gasteiger partial charge on any atom is 0.355 e. The van der Waals surface area contributed by atoms with Crippen molar-refractivity contribution in [2.75, 3.05) is 25.6 Å². The van der Waals surface area contributed by atoms with Gasteiger partial charge in [-0.3, -0.25) is 4.79 Å². The van der Waals surface area contributed by atoms with Crippen LogP contribution in [0.15, 0.2) is 60.7 Å². The van der Waals surface area contributed by atoms with E-state index >= 15 is 0 Å². The molecular weight excluding hydrogens is 452 g/mol. The lowest BCUT2D eigenvalue weighted by atomic mass is 9.88. The number of ether oxygens (including phenoxy) is 2. The summed E-state index contributed by atoms with van der Waals surface area (Å²) in [5, 5.41) is 0.941. The molecule has 0 fully saturated rings. The van der Waals surface area contributed by atoms with Crippen LogP contribution in [0.5, 0.6) is 0 Å². The van der Waals surface area contributed by atoms with Crippen molar-refractivity contribution in [2.24, 2.45) is 0 Å². The van der Waals surface area contributed by atoms with Gasteiger partial charge < -0.3 is 18.9 Å². The van der Waals surface area contributed by atoms with Crippen LogP contribution in [0.25, 0.3) is 22.0 Å². The number of hydrogen-bond acceptors (Lipinski definition) is 5. The first kappa shape index (κ1) is 23.7. The van der Waals surface area contributed by atoms with Gasteiger partial charge in [0.05, 0.1) is 24.7 Å². The molecule has 1 aliphatic rings. The van der Waals surface area contributed by atoms with Crippen molar-refractivity contribution in [2.45, 2.75) is 33.4 Å². The third-order valence-electron chi connectivity index (χ3n) is 7.05. The molecule has 0 amide bonds. The summed E-state index contributed by atoms with van der Waals surface area (Å²) in [6.07, 6.45) is 0.154. The Labute approximate surface area is 211 Å². The van der Waals surface area contributed by atoms with Crippen molar-refractivity contribution >= 4 is 28.5 Å². The highest BCUT2D eigenvalue weighted by Gasteiger charge is 2.30. The molecule has 4 aromatic rings. The lowest BCUT2D eigenvalue weighted by Crippen LogP contribution is -2.30. The van der Waals surface area contributed by atoms with Crippen LogP contribution >= 0.6 is 0 Å². The van der Waals surface area contributed by atoms with Gasteiger partial charge in [-0.2, -0.15) is 0 Å². The highest BCUT2D eigenvalue weighted by Crippen LogP contribution is 2.44. The minimum absolute atomic E-state index is 0.154.